The fourth-order valence-corrected chi connectivity index (χ4v) is 2.29. The number of nitrogens with one attached hydrogen (secondary N) is 2. The predicted molar refractivity (Wildman–Crippen MR) is 76.5 cm³/mol. The molecule has 2 rings (SSSR count). The molecular weight excluding hydrogens is 240 g/mol. The van der Waals surface area contributed by atoms with E-state index in [1.54, 1.807) is 0 Å². The van der Waals surface area contributed by atoms with Crippen LogP contribution in [0.4, 0.5) is 5.69 Å². The maximum atomic E-state index is 12.0. The van der Waals surface area contributed by atoms with Crippen LogP contribution in [0.1, 0.15) is 35.7 Å². The second kappa shape index (κ2) is 6.57. The molecule has 0 saturated heterocycles. The molecule has 3 N–H and O–H groups in total. The quantitative estimate of drug-likeness (QED) is 0.685. The van der Waals surface area contributed by atoms with Crippen molar-refractivity contribution >= 4 is 11.6 Å². The maximum Gasteiger partial charge on any atom is 0.251 e. The molecule has 0 fully saturated rings. The van der Waals surface area contributed by atoms with E-state index in [0.29, 0.717) is 12.5 Å². The Morgan fingerprint density at radius 3 is 3.16 bits per heavy atom. The van der Waals surface area contributed by atoms with E-state index in [9.17, 15) is 4.79 Å². The molecular formula is C15H22N2O2. The zero-order valence-corrected chi connectivity index (χ0v) is 11.4. The van der Waals surface area contributed by atoms with Crippen LogP contribution in [0, 0.1) is 5.92 Å². The van der Waals surface area contributed by atoms with Crippen LogP contribution >= 0.6 is 0 Å². The van der Waals surface area contributed by atoms with Gasteiger partial charge in [0.25, 0.3) is 5.91 Å². The number of hydrogen-bond donors (Lipinski definition) is 3. The number of aliphatic hydroxyl groups is 1. The Bertz CT molecular complexity index is 446. The summed E-state index contributed by atoms with van der Waals surface area (Å²) in [5.41, 5.74) is 3.10. The van der Waals surface area contributed by atoms with Crippen molar-refractivity contribution in [1.82, 2.24) is 5.32 Å². The Kier molecular flexibility index (Phi) is 4.80. The third-order valence-corrected chi connectivity index (χ3v) is 3.55. The summed E-state index contributed by atoms with van der Waals surface area (Å²) in [6, 6.07) is 5.81. The largest absolute Gasteiger partial charge is 0.396 e. The van der Waals surface area contributed by atoms with E-state index in [2.05, 4.69) is 10.6 Å². The zero-order chi connectivity index (χ0) is 13.7. The van der Waals surface area contributed by atoms with E-state index >= 15 is 0 Å². The maximum absolute atomic E-state index is 12.0. The minimum atomic E-state index is -0.00801. The van der Waals surface area contributed by atoms with Crippen molar-refractivity contribution in [2.45, 2.75) is 26.2 Å². The number of carbonyl (C=O) groups excluding carboxylic acids is 1. The van der Waals surface area contributed by atoms with Gasteiger partial charge in [-0.1, -0.05) is 6.92 Å². The molecule has 0 spiro atoms. The van der Waals surface area contributed by atoms with Gasteiger partial charge in [-0.3, -0.25) is 4.79 Å². The monoisotopic (exact) mass is 262 g/mol. The fourth-order valence-electron chi connectivity index (χ4n) is 2.29. The third kappa shape index (κ3) is 3.70. The summed E-state index contributed by atoms with van der Waals surface area (Å²) in [7, 11) is 0. The van der Waals surface area contributed by atoms with Gasteiger partial charge in [0.1, 0.15) is 0 Å². The molecule has 4 nitrogen and oxygen atoms in total. The van der Waals surface area contributed by atoms with Gasteiger partial charge < -0.3 is 15.7 Å². The minimum absolute atomic E-state index is 0.00801. The lowest BCUT2D eigenvalue weighted by Crippen LogP contribution is -2.25. The van der Waals surface area contributed by atoms with E-state index in [1.165, 1.54) is 5.56 Å². The van der Waals surface area contributed by atoms with Gasteiger partial charge in [0, 0.05) is 30.9 Å². The van der Waals surface area contributed by atoms with Gasteiger partial charge in [-0.05, 0) is 48.9 Å². The highest BCUT2D eigenvalue weighted by atomic mass is 16.3. The van der Waals surface area contributed by atoms with Gasteiger partial charge in [-0.15, -0.1) is 0 Å². The van der Waals surface area contributed by atoms with Crippen LogP contribution in [0.25, 0.3) is 0 Å². The van der Waals surface area contributed by atoms with E-state index in [1.807, 2.05) is 25.1 Å². The highest BCUT2D eigenvalue weighted by Crippen LogP contribution is 2.22. The highest BCUT2D eigenvalue weighted by Gasteiger charge is 2.13. The first-order chi connectivity index (χ1) is 9.20. The van der Waals surface area contributed by atoms with Gasteiger partial charge in [0.2, 0.25) is 0 Å². The summed E-state index contributed by atoms with van der Waals surface area (Å²) < 4.78 is 0. The molecule has 0 saturated carbocycles. The van der Waals surface area contributed by atoms with Crippen molar-refractivity contribution in [3.05, 3.63) is 29.3 Å². The summed E-state index contributed by atoms with van der Waals surface area (Å²) in [6.45, 7) is 3.85. The number of carbonyl (C=O) groups is 1. The standard InChI is InChI=1S/C15H22N2O2/c1-11(10-18)3-2-7-17-15(19)13-4-5-14-12(9-13)6-8-16-14/h4-5,9,11,16,18H,2-3,6-8,10H2,1H3,(H,17,19). The van der Waals surface area contributed by atoms with Crippen molar-refractivity contribution in [3.8, 4) is 0 Å². The lowest BCUT2D eigenvalue weighted by atomic mass is 10.1. The van der Waals surface area contributed by atoms with Crippen LogP contribution in [0.3, 0.4) is 0 Å². The molecule has 1 unspecified atom stereocenters. The normalized spacial score (nSPS) is 14.6. The van der Waals surface area contributed by atoms with Crippen molar-refractivity contribution < 1.29 is 9.90 Å². The molecule has 0 aliphatic carbocycles. The van der Waals surface area contributed by atoms with Crippen LogP contribution in [-0.2, 0) is 6.42 Å². The Morgan fingerprint density at radius 1 is 1.53 bits per heavy atom. The molecule has 1 heterocycles. The summed E-state index contributed by atoms with van der Waals surface area (Å²) in [5.74, 6) is 0.300. The molecule has 1 aliphatic heterocycles. The molecule has 19 heavy (non-hydrogen) atoms. The smallest absolute Gasteiger partial charge is 0.251 e. The van der Waals surface area contributed by atoms with Crippen molar-refractivity contribution in [1.29, 1.82) is 0 Å². The summed E-state index contributed by atoms with van der Waals surface area (Å²) in [5, 5.41) is 15.1. The first kappa shape index (κ1) is 13.9. The molecule has 1 aromatic rings. The van der Waals surface area contributed by atoms with E-state index in [-0.39, 0.29) is 12.5 Å². The summed E-state index contributed by atoms with van der Waals surface area (Å²) >= 11 is 0. The Hall–Kier alpha value is -1.55. The first-order valence-electron chi connectivity index (χ1n) is 6.96. The average molecular weight is 262 g/mol. The second-order valence-corrected chi connectivity index (χ2v) is 5.23. The number of amides is 1. The fraction of sp³-hybridized carbons (Fsp3) is 0.533. The topological polar surface area (TPSA) is 61.4 Å². The van der Waals surface area contributed by atoms with Crippen molar-refractivity contribution in [2.75, 3.05) is 25.0 Å². The number of benzene rings is 1. The van der Waals surface area contributed by atoms with Crippen LogP contribution in [0.2, 0.25) is 0 Å². The van der Waals surface area contributed by atoms with Crippen LogP contribution in [-0.4, -0.2) is 30.7 Å². The summed E-state index contributed by atoms with van der Waals surface area (Å²) in [6.07, 6.45) is 2.83. The molecule has 0 aromatic heterocycles. The van der Waals surface area contributed by atoms with E-state index in [0.717, 1.165) is 37.1 Å². The Morgan fingerprint density at radius 2 is 2.37 bits per heavy atom. The molecule has 104 valence electrons. The lowest BCUT2D eigenvalue weighted by Gasteiger charge is -2.09. The molecule has 1 aromatic carbocycles. The average Bonchev–Trinajstić information content (AvgIpc) is 2.90. The number of hydrogen-bond acceptors (Lipinski definition) is 3. The van der Waals surface area contributed by atoms with Gasteiger partial charge in [0.15, 0.2) is 0 Å². The number of aliphatic hydroxyl groups excluding tert-OH is 1. The third-order valence-electron chi connectivity index (χ3n) is 3.55. The highest BCUT2D eigenvalue weighted by molar-refractivity contribution is 5.95. The molecule has 1 amide bonds. The summed E-state index contributed by atoms with van der Waals surface area (Å²) in [4.78, 5) is 12.0. The Balaban J connectivity index is 1.80. The van der Waals surface area contributed by atoms with Crippen LogP contribution in [0.15, 0.2) is 18.2 Å². The molecule has 1 aliphatic rings. The van der Waals surface area contributed by atoms with Crippen molar-refractivity contribution in [2.24, 2.45) is 5.92 Å². The van der Waals surface area contributed by atoms with E-state index in [4.69, 9.17) is 5.11 Å². The van der Waals surface area contributed by atoms with Gasteiger partial charge in [-0.2, -0.15) is 0 Å². The van der Waals surface area contributed by atoms with Crippen LogP contribution < -0.4 is 10.6 Å². The number of fused-ring (bicyclic) bond motifs is 1. The predicted octanol–water partition coefficient (Wildman–Crippen LogP) is 1.79. The van der Waals surface area contributed by atoms with Gasteiger partial charge in [0.05, 0.1) is 0 Å². The number of rotatable bonds is 6. The van der Waals surface area contributed by atoms with E-state index < -0.39 is 0 Å². The second-order valence-electron chi connectivity index (χ2n) is 5.23. The lowest BCUT2D eigenvalue weighted by molar-refractivity contribution is 0.0952. The van der Waals surface area contributed by atoms with Gasteiger partial charge >= 0.3 is 0 Å². The van der Waals surface area contributed by atoms with Gasteiger partial charge in [-0.25, -0.2) is 0 Å². The zero-order valence-electron chi connectivity index (χ0n) is 11.4. The number of anilines is 1. The molecule has 0 bridgehead atoms. The SMILES string of the molecule is CC(CO)CCCNC(=O)c1ccc2c(c1)CCN2. The first-order valence-corrected chi connectivity index (χ1v) is 6.96. The minimum Gasteiger partial charge on any atom is -0.396 e. The Labute approximate surface area is 114 Å². The molecule has 4 heteroatoms. The van der Waals surface area contributed by atoms with Crippen molar-refractivity contribution in [3.63, 3.8) is 0 Å². The van der Waals surface area contributed by atoms with Crippen LogP contribution in [0.5, 0.6) is 0 Å². The molecule has 1 atom stereocenters. The molecule has 0 radical (unpaired) electrons.